The van der Waals surface area contributed by atoms with Gasteiger partial charge in [-0.2, -0.15) is 0 Å². The van der Waals surface area contributed by atoms with Crippen molar-refractivity contribution in [2.45, 2.75) is 53.0 Å². The van der Waals surface area contributed by atoms with Crippen molar-refractivity contribution in [1.82, 2.24) is 5.32 Å². The number of amides is 1. The molecule has 0 bridgehead atoms. The second-order valence-corrected chi connectivity index (χ2v) is 6.58. The third kappa shape index (κ3) is 4.02. The molecule has 4 nitrogen and oxygen atoms in total. The fourth-order valence-corrected chi connectivity index (χ4v) is 3.29. The van der Waals surface area contributed by atoms with Gasteiger partial charge in [0.25, 0.3) is 0 Å². The van der Waals surface area contributed by atoms with Gasteiger partial charge in [-0.25, -0.2) is 4.79 Å². The average molecular weight is 241 g/mol. The van der Waals surface area contributed by atoms with E-state index >= 15 is 0 Å². The van der Waals surface area contributed by atoms with Crippen LogP contribution in [-0.4, -0.2) is 25.0 Å². The van der Waals surface area contributed by atoms with Crippen molar-refractivity contribution in [1.29, 1.82) is 0 Å². The SMILES string of the molecule is COC(=O)C(=O)NC1CC(C)(C)CC(C)(C)C1. The van der Waals surface area contributed by atoms with E-state index in [1.54, 1.807) is 0 Å². The predicted molar refractivity (Wildman–Crippen MR) is 65.4 cm³/mol. The average Bonchev–Trinajstić information content (AvgIpc) is 2.11. The van der Waals surface area contributed by atoms with E-state index in [-0.39, 0.29) is 16.9 Å². The van der Waals surface area contributed by atoms with Crippen molar-refractivity contribution in [3.05, 3.63) is 0 Å². The van der Waals surface area contributed by atoms with E-state index in [1.165, 1.54) is 7.11 Å². The van der Waals surface area contributed by atoms with Crippen molar-refractivity contribution in [2.24, 2.45) is 10.8 Å². The maximum atomic E-state index is 11.5. The Bertz CT molecular complexity index is 305. The molecule has 0 aromatic heterocycles. The third-order valence-electron chi connectivity index (χ3n) is 3.26. The molecular weight excluding hydrogens is 218 g/mol. The normalized spacial score (nSPS) is 22.9. The third-order valence-corrected chi connectivity index (χ3v) is 3.26. The largest absolute Gasteiger partial charge is 0.462 e. The van der Waals surface area contributed by atoms with Crippen LogP contribution in [0.5, 0.6) is 0 Å². The van der Waals surface area contributed by atoms with Crippen molar-refractivity contribution < 1.29 is 14.3 Å². The van der Waals surface area contributed by atoms with E-state index in [2.05, 4.69) is 37.7 Å². The summed E-state index contributed by atoms with van der Waals surface area (Å²) >= 11 is 0. The van der Waals surface area contributed by atoms with Gasteiger partial charge in [0.2, 0.25) is 0 Å². The Hall–Kier alpha value is -1.06. The maximum Gasteiger partial charge on any atom is 0.396 e. The van der Waals surface area contributed by atoms with Crippen LogP contribution in [0.3, 0.4) is 0 Å². The molecule has 1 saturated carbocycles. The highest BCUT2D eigenvalue weighted by atomic mass is 16.5. The molecular formula is C13H23NO3. The first-order chi connectivity index (χ1) is 7.65. The van der Waals surface area contributed by atoms with E-state index in [4.69, 9.17) is 0 Å². The Kier molecular flexibility index (Phi) is 3.84. The quantitative estimate of drug-likeness (QED) is 0.563. The summed E-state index contributed by atoms with van der Waals surface area (Å²) in [6.45, 7) is 8.80. The smallest absolute Gasteiger partial charge is 0.396 e. The highest BCUT2D eigenvalue weighted by Crippen LogP contribution is 2.45. The summed E-state index contributed by atoms with van der Waals surface area (Å²) in [6, 6.07) is 0.0559. The first kappa shape index (κ1) is 14.0. The number of methoxy groups -OCH3 is 1. The number of carbonyl (C=O) groups is 2. The van der Waals surface area contributed by atoms with E-state index < -0.39 is 11.9 Å². The number of ether oxygens (including phenoxy) is 1. The van der Waals surface area contributed by atoms with Gasteiger partial charge in [0, 0.05) is 6.04 Å². The lowest BCUT2D eigenvalue weighted by molar-refractivity contribution is -0.153. The fraction of sp³-hybridized carbons (Fsp3) is 0.846. The molecule has 1 aliphatic rings. The van der Waals surface area contributed by atoms with E-state index in [9.17, 15) is 9.59 Å². The molecule has 17 heavy (non-hydrogen) atoms. The first-order valence-electron chi connectivity index (χ1n) is 6.04. The number of hydrogen-bond donors (Lipinski definition) is 1. The monoisotopic (exact) mass is 241 g/mol. The Morgan fingerprint density at radius 1 is 1.12 bits per heavy atom. The van der Waals surface area contributed by atoms with Crippen LogP contribution >= 0.6 is 0 Å². The van der Waals surface area contributed by atoms with Gasteiger partial charge in [-0.3, -0.25) is 4.79 Å². The minimum atomic E-state index is -0.814. The van der Waals surface area contributed by atoms with Crippen LogP contribution < -0.4 is 5.32 Å². The number of esters is 1. The maximum absolute atomic E-state index is 11.5. The summed E-state index contributed by atoms with van der Waals surface area (Å²) in [6.07, 6.45) is 2.93. The minimum Gasteiger partial charge on any atom is -0.462 e. The number of rotatable bonds is 1. The van der Waals surface area contributed by atoms with Crippen molar-refractivity contribution in [3.8, 4) is 0 Å². The standard InChI is InChI=1S/C13H23NO3/c1-12(2)6-9(7-13(3,4)8-12)14-10(15)11(16)17-5/h9H,6-8H2,1-5H3,(H,14,15). The van der Waals surface area contributed by atoms with E-state index in [0.29, 0.717) is 0 Å². The molecule has 1 aliphatic carbocycles. The molecule has 0 radical (unpaired) electrons. The molecule has 0 atom stereocenters. The summed E-state index contributed by atoms with van der Waals surface area (Å²) in [7, 11) is 1.22. The Morgan fingerprint density at radius 3 is 2.00 bits per heavy atom. The lowest BCUT2D eigenvalue weighted by Gasteiger charge is -2.45. The predicted octanol–water partition coefficient (Wildman–Crippen LogP) is 1.88. The van der Waals surface area contributed by atoms with Crippen molar-refractivity contribution >= 4 is 11.9 Å². The zero-order valence-corrected chi connectivity index (χ0v) is 11.4. The Labute approximate surface area is 103 Å². The summed E-state index contributed by atoms with van der Waals surface area (Å²) in [5.74, 6) is -1.45. The topological polar surface area (TPSA) is 55.4 Å². The van der Waals surface area contributed by atoms with Gasteiger partial charge in [-0.15, -0.1) is 0 Å². The van der Waals surface area contributed by atoms with Crippen molar-refractivity contribution in [3.63, 3.8) is 0 Å². The molecule has 1 rings (SSSR count). The van der Waals surface area contributed by atoms with Gasteiger partial charge in [0.05, 0.1) is 7.11 Å². The summed E-state index contributed by atoms with van der Waals surface area (Å²) in [5.41, 5.74) is 0.381. The second kappa shape index (κ2) is 4.67. The van der Waals surface area contributed by atoms with Crippen LogP contribution in [0.15, 0.2) is 0 Å². The van der Waals surface area contributed by atoms with E-state index in [1.807, 2.05) is 0 Å². The number of carbonyl (C=O) groups excluding carboxylic acids is 2. The minimum absolute atomic E-state index is 0.0559. The van der Waals surface area contributed by atoms with Gasteiger partial charge in [-0.05, 0) is 30.1 Å². The highest BCUT2D eigenvalue weighted by Gasteiger charge is 2.39. The van der Waals surface area contributed by atoms with Gasteiger partial charge >= 0.3 is 11.9 Å². The van der Waals surface area contributed by atoms with Crippen LogP contribution in [-0.2, 0) is 14.3 Å². The first-order valence-corrected chi connectivity index (χ1v) is 6.04. The zero-order valence-electron chi connectivity index (χ0n) is 11.4. The fourth-order valence-electron chi connectivity index (χ4n) is 3.29. The molecule has 0 aliphatic heterocycles. The molecule has 0 unspecified atom stereocenters. The summed E-state index contributed by atoms with van der Waals surface area (Å²) < 4.78 is 4.41. The van der Waals surface area contributed by atoms with Crippen molar-refractivity contribution in [2.75, 3.05) is 7.11 Å². The Balaban J connectivity index is 2.66. The number of hydrogen-bond acceptors (Lipinski definition) is 3. The molecule has 1 N–H and O–H groups in total. The van der Waals surface area contributed by atoms with Gasteiger partial charge in [0.15, 0.2) is 0 Å². The molecule has 4 heteroatoms. The summed E-state index contributed by atoms with van der Waals surface area (Å²) in [4.78, 5) is 22.6. The van der Waals surface area contributed by atoms with Crippen LogP contribution in [0.1, 0.15) is 47.0 Å². The van der Waals surface area contributed by atoms with Crippen LogP contribution in [0.4, 0.5) is 0 Å². The molecule has 1 fully saturated rings. The van der Waals surface area contributed by atoms with Gasteiger partial charge < -0.3 is 10.1 Å². The molecule has 1 amide bonds. The molecule has 0 saturated heterocycles. The second-order valence-electron chi connectivity index (χ2n) is 6.58. The number of nitrogens with one attached hydrogen (secondary N) is 1. The van der Waals surface area contributed by atoms with E-state index in [0.717, 1.165) is 19.3 Å². The highest BCUT2D eigenvalue weighted by molar-refractivity contribution is 6.32. The molecule has 0 aromatic carbocycles. The molecule has 0 aromatic rings. The van der Waals surface area contributed by atoms with Crippen LogP contribution in [0.25, 0.3) is 0 Å². The molecule has 0 heterocycles. The lowest BCUT2D eigenvalue weighted by Crippen LogP contribution is -2.48. The lowest BCUT2D eigenvalue weighted by atomic mass is 9.63. The van der Waals surface area contributed by atoms with Crippen LogP contribution in [0.2, 0.25) is 0 Å². The summed E-state index contributed by atoms with van der Waals surface area (Å²) in [5, 5.41) is 2.77. The molecule has 98 valence electrons. The molecule has 0 spiro atoms. The van der Waals surface area contributed by atoms with Crippen LogP contribution in [0, 0.1) is 10.8 Å². The Morgan fingerprint density at radius 2 is 1.59 bits per heavy atom. The van der Waals surface area contributed by atoms with Gasteiger partial charge in [0.1, 0.15) is 0 Å². The van der Waals surface area contributed by atoms with Gasteiger partial charge in [-0.1, -0.05) is 27.7 Å². The zero-order chi connectivity index (χ0) is 13.3.